The molecule has 0 bridgehead atoms. The van der Waals surface area contributed by atoms with Gasteiger partial charge < -0.3 is 5.01 Å². The van der Waals surface area contributed by atoms with E-state index in [0.29, 0.717) is 5.39 Å². The maximum atomic E-state index is 12.4. The van der Waals surface area contributed by atoms with Crippen LogP contribution < -0.4 is 10.6 Å². The normalized spacial score (nSPS) is 11.1. The lowest BCUT2D eigenvalue weighted by atomic mass is 10.2. The molecule has 0 radical (unpaired) electrons. The number of hydrogen-bond donors (Lipinski definition) is 0. The highest BCUT2D eigenvalue weighted by atomic mass is 16.1. The first-order valence-electron chi connectivity index (χ1n) is 5.71. The van der Waals surface area contributed by atoms with Crippen molar-refractivity contribution in [3.63, 3.8) is 0 Å². The summed E-state index contributed by atoms with van der Waals surface area (Å²) < 4.78 is 1.63. The summed E-state index contributed by atoms with van der Waals surface area (Å²) in [7, 11) is 3.70. The van der Waals surface area contributed by atoms with Gasteiger partial charge in [-0.2, -0.15) is 0 Å². The van der Waals surface area contributed by atoms with Gasteiger partial charge in [-0.1, -0.05) is 26.0 Å². The molecule has 1 aromatic carbocycles. The number of benzene rings is 1. The van der Waals surface area contributed by atoms with Gasteiger partial charge in [0.2, 0.25) is 0 Å². The minimum Gasteiger partial charge on any atom is -0.315 e. The van der Waals surface area contributed by atoms with E-state index in [-0.39, 0.29) is 11.5 Å². The van der Waals surface area contributed by atoms with Gasteiger partial charge in [0.05, 0.1) is 10.9 Å². The number of nitrogens with zero attached hydrogens (tertiary/aromatic N) is 3. The maximum Gasteiger partial charge on any atom is 0.280 e. The second kappa shape index (κ2) is 4.20. The topological polar surface area (TPSA) is 38.1 Å². The smallest absolute Gasteiger partial charge is 0.280 e. The molecular formula is C13H17N3O. The first-order chi connectivity index (χ1) is 8.02. The fraction of sp³-hybridized carbons (Fsp3) is 0.385. The van der Waals surface area contributed by atoms with Crippen LogP contribution in [0.1, 0.15) is 25.6 Å². The number of aromatic nitrogens is 2. The van der Waals surface area contributed by atoms with E-state index >= 15 is 0 Å². The summed E-state index contributed by atoms with van der Waals surface area (Å²) in [6.07, 6.45) is 0. The van der Waals surface area contributed by atoms with Gasteiger partial charge in [-0.05, 0) is 12.1 Å². The Morgan fingerprint density at radius 1 is 1.24 bits per heavy atom. The molecule has 0 saturated heterocycles. The van der Waals surface area contributed by atoms with Gasteiger partial charge in [-0.15, -0.1) is 0 Å². The van der Waals surface area contributed by atoms with Crippen LogP contribution in [0, 0.1) is 0 Å². The van der Waals surface area contributed by atoms with E-state index in [1.807, 2.05) is 52.2 Å². The Morgan fingerprint density at radius 2 is 1.88 bits per heavy atom. The first kappa shape index (κ1) is 11.6. The molecule has 0 atom stereocenters. The van der Waals surface area contributed by atoms with Crippen molar-refractivity contribution in [3.05, 3.63) is 40.4 Å². The zero-order chi connectivity index (χ0) is 12.6. The molecule has 0 aliphatic rings. The highest BCUT2D eigenvalue weighted by Gasteiger charge is 2.14. The van der Waals surface area contributed by atoms with Crippen molar-refractivity contribution < 1.29 is 0 Å². The Morgan fingerprint density at radius 3 is 2.47 bits per heavy atom. The van der Waals surface area contributed by atoms with E-state index in [0.717, 1.165) is 11.3 Å². The molecule has 0 unspecified atom stereocenters. The summed E-state index contributed by atoms with van der Waals surface area (Å²) in [5, 5.41) is 2.43. The van der Waals surface area contributed by atoms with Crippen LogP contribution in [0.3, 0.4) is 0 Å². The average molecular weight is 231 g/mol. The molecular weight excluding hydrogens is 214 g/mol. The summed E-state index contributed by atoms with van der Waals surface area (Å²) in [5.41, 5.74) is 0.753. The summed E-state index contributed by atoms with van der Waals surface area (Å²) >= 11 is 0. The molecule has 0 spiro atoms. The molecule has 2 aromatic rings. The van der Waals surface area contributed by atoms with E-state index in [9.17, 15) is 4.79 Å². The molecule has 0 fully saturated rings. The number of para-hydroxylation sites is 1. The minimum atomic E-state index is -0.00991. The van der Waals surface area contributed by atoms with Crippen molar-refractivity contribution in [2.24, 2.45) is 0 Å². The monoisotopic (exact) mass is 231 g/mol. The third-order valence-corrected chi connectivity index (χ3v) is 2.70. The first-order valence-corrected chi connectivity index (χ1v) is 5.71. The van der Waals surface area contributed by atoms with Crippen molar-refractivity contribution >= 4 is 10.9 Å². The third-order valence-electron chi connectivity index (χ3n) is 2.70. The van der Waals surface area contributed by atoms with Crippen molar-refractivity contribution in [3.8, 4) is 0 Å². The van der Waals surface area contributed by atoms with Crippen LogP contribution >= 0.6 is 0 Å². The lowest BCUT2D eigenvalue weighted by Crippen LogP contribution is -2.39. The Kier molecular flexibility index (Phi) is 2.88. The minimum absolute atomic E-state index is 0.00991. The zero-order valence-corrected chi connectivity index (χ0v) is 10.6. The molecule has 1 aromatic heterocycles. The van der Waals surface area contributed by atoms with Gasteiger partial charge in [0, 0.05) is 20.0 Å². The molecule has 1 heterocycles. The average Bonchev–Trinajstić information content (AvgIpc) is 2.28. The van der Waals surface area contributed by atoms with Crippen LogP contribution in [0.2, 0.25) is 0 Å². The van der Waals surface area contributed by atoms with Gasteiger partial charge in [-0.25, -0.2) is 9.66 Å². The molecule has 4 heteroatoms. The predicted octanol–water partition coefficient (Wildman–Crippen LogP) is 1.72. The molecule has 0 amide bonds. The van der Waals surface area contributed by atoms with Crippen LogP contribution in [-0.2, 0) is 0 Å². The molecule has 2 rings (SSSR count). The van der Waals surface area contributed by atoms with Gasteiger partial charge in [0.1, 0.15) is 5.82 Å². The standard InChI is InChI=1S/C13H17N3O/c1-9(2)12-14-11-8-6-5-7-10(11)13(17)16(12)15(3)4/h5-9H,1-4H3. The predicted molar refractivity (Wildman–Crippen MR) is 70.2 cm³/mol. The lowest BCUT2D eigenvalue weighted by Gasteiger charge is -2.22. The van der Waals surface area contributed by atoms with Gasteiger partial charge >= 0.3 is 0 Å². The van der Waals surface area contributed by atoms with Crippen molar-refractivity contribution in [2.45, 2.75) is 19.8 Å². The quantitative estimate of drug-likeness (QED) is 0.790. The second-order valence-corrected chi connectivity index (χ2v) is 4.61. The Bertz CT molecular complexity index is 599. The Hall–Kier alpha value is -1.84. The molecule has 0 aliphatic carbocycles. The zero-order valence-electron chi connectivity index (χ0n) is 10.6. The fourth-order valence-electron chi connectivity index (χ4n) is 1.90. The van der Waals surface area contributed by atoms with Crippen molar-refractivity contribution in [1.29, 1.82) is 0 Å². The van der Waals surface area contributed by atoms with E-state index in [4.69, 9.17) is 0 Å². The van der Waals surface area contributed by atoms with Crippen LogP contribution in [-0.4, -0.2) is 23.8 Å². The number of rotatable bonds is 2. The Balaban J connectivity index is 2.89. The maximum absolute atomic E-state index is 12.4. The highest BCUT2D eigenvalue weighted by molar-refractivity contribution is 5.77. The van der Waals surface area contributed by atoms with E-state index in [1.54, 1.807) is 9.69 Å². The third kappa shape index (κ3) is 1.90. The second-order valence-electron chi connectivity index (χ2n) is 4.61. The van der Waals surface area contributed by atoms with Crippen LogP contribution in [0.5, 0.6) is 0 Å². The number of fused-ring (bicyclic) bond motifs is 1. The molecule has 0 N–H and O–H groups in total. The van der Waals surface area contributed by atoms with Crippen LogP contribution in [0.4, 0.5) is 0 Å². The van der Waals surface area contributed by atoms with E-state index in [1.165, 1.54) is 0 Å². The van der Waals surface area contributed by atoms with Gasteiger partial charge in [-0.3, -0.25) is 4.79 Å². The summed E-state index contributed by atoms with van der Waals surface area (Å²) in [5.74, 6) is 0.994. The van der Waals surface area contributed by atoms with Crippen molar-refractivity contribution in [1.82, 2.24) is 9.66 Å². The lowest BCUT2D eigenvalue weighted by molar-refractivity contribution is 0.604. The Labute approximate surface area is 100 Å². The molecule has 4 nitrogen and oxygen atoms in total. The summed E-state index contributed by atoms with van der Waals surface area (Å²) in [6.45, 7) is 4.08. The van der Waals surface area contributed by atoms with Gasteiger partial charge in [0.15, 0.2) is 0 Å². The molecule has 0 saturated carbocycles. The SMILES string of the molecule is CC(C)c1nc2ccccc2c(=O)n1N(C)C. The van der Waals surface area contributed by atoms with Crippen molar-refractivity contribution in [2.75, 3.05) is 19.1 Å². The largest absolute Gasteiger partial charge is 0.315 e. The summed E-state index contributed by atoms with van der Waals surface area (Å²) in [6, 6.07) is 7.46. The van der Waals surface area contributed by atoms with E-state index < -0.39 is 0 Å². The van der Waals surface area contributed by atoms with Crippen LogP contribution in [0.25, 0.3) is 10.9 Å². The van der Waals surface area contributed by atoms with Crippen LogP contribution in [0.15, 0.2) is 29.1 Å². The fourth-order valence-corrected chi connectivity index (χ4v) is 1.90. The van der Waals surface area contributed by atoms with Gasteiger partial charge in [0.25, 0.3) is 5.56 Å². The van der Waals surface area contributed by atoms with E-state index in [2.05, 4.69) is 4.98 Å². The molecule has 17 heavy (non-hydrogen) atoms. The molecule has 90 valence electrons. The number of hydrogen-bond acceptors (Lipinski definition) is 3. The highest BCUT2D eigenvalue weighted by Crippen LogP contribution is 2.14. The molecule has 0 aliphatic heterocycles. The summed E-state index contributed by atoms with van der Waals surface area (Å²) in [4.78, 5) is 17.0.